The van der Waals surface area contributed by atoms with Crippen LogP contribution in [0.4, 0.5) is 0 Å². The number of rotatable bonds is 6. The van der Waals surface area contributed by atoms with Crippen molar-refractivity contribution < 1.29 is 4.74 Å². The Kier molecular flexibility index (Phi) is 5.92. The van der Waals surface area contributed by atoms with E-state index >= 15 is 0 Å². The van der Waals surface area contributed by atoms with Crippen LogP contribution in [0.5, 0.6) is 5.75 Å². The van der Waals surface area contributed by atoms with E-state index < -0.39 is 0 Å². The lowest BCUT2D eigenvalue weighted by atomic mass is 10.1. The molecule has 0 saturated heterocycles. The van der Waals surface area contributed by atoms with Crippen LogP contribution in [0.15, 0.2) is 42.5 Å². The highest BCUT2D eigenvalue weighted by Crippen LogP contribution is 2.22. The lowest BCUT2D eigenvalue weighted by Gasteiger charge is -2.17. The van der Waals surface area contributed by atoms with Gasteiger partial charge in [-0.2, -0.15) is 0 Å². The number of ether oxygens (including phenoxy) is 1. The topological polar surface area (TPSA) is 12.5 Å². The van der Waals surface area contributed by atoms with Crippen molar-refractivity contribution in [3.8, 4) is 5.75 Å². The van der Waals surface area contributed by atoms with Gasteiger partial charge in [0, 0.05) is 23.1 Å². The average molecular weight is 324 g/mol. The van der Waals surface area contributed by atoms with Crippen LogP contribution in [0.2, 0.25) is 10.0 Å². The van der Waals surface area contributed by atoms with Crippen molar-refractivity contribution in [1.82, 2.24) is 4.90 Å². The fourth-order valence-electron chi connectivity index (χ4n) is 2.13. The minimum atomic E-state index is 0.671. The number of halogens is 2. The maximum absolute atomic E-state index is 6.20. The van der Waals surface area contributed by atoms with Crippen molar-refractivity contribution in [3.63, 3.8) is 0 Å². The van der Waals surface area contributed by atoms with Gasteiger partial charge in [0.05, 0.1) is 7.11 Å². The summed E-state index contributed by atoms with van der Waals surface area (Å²) in [6.07, 6.45) is 0.992. The van der Waals surface area contributed by atoms with Gasteiger partial charge in [0.2, 0.25) is 0 Å². The van der Waals surface area contributed by atoms with Crippen molar-refractivity contribution in [2.45, 2.75) is 13.0 Å². The van der Waals surface area contributed by atoms with Crippen molar-refractivity contribution in [3.05, 3.63) is 63.6 Å². The van der Waals surface area contributed by atoms with Gasteiger partial charge in [-0.25, -0.2) is 0 Å². The average Bonchev–Trinajstić information content (AvgIpc) is 2.48. The lowest BCUT2D eigenvalue weighted by Crippen LogP contribution is -2.20. The molecule has 0 heterocycles. The van der Waals surface area contributed by atoms with E-state index in [1.807, 2.05) is 24.3 Å². The number of hydrogen-bond donors (Lipinski definition) is 0. The predicted octanol–water partition coefficient (Wildman–Crippen LogP) is 4.68. The Morgan fingerprint density at radius 3 is 2.38 bits per heavy atom. The van der Waals surface area contributed by atoms with Crippen LogP contribution in [0.3, 0.4) is 0 Å². The van der Waals surface area contributed by atoms with Crippen molar-refractivity contribution in [1.29, 1.82) is 0 Å². The van der Waals surface area contributed by atoms with Gasteiger partial charge in [0.1, 0.15) is 5.75 Å². The zero-order valence-corrected chi connectivity index (χ0v) is 13.8. The molecule has 2 nitrogen and oxygen atoms in total. The molecule has 0 spiro atoms. The van der Waals surface area contributed by atoms with E-state index in [1.54, 1.807) is 13.2 Å². The van der Waals surface area contributed by atoms with Gasteiger partial charge in [0.15, 0.2) is 0 Å². The fourth-order valence-corrected chi connectivity index (χ4v) is 2.60. The van der Waals surface area contributed by atoms with Crippen LogP contribution in [-0.4, -0.2) is 25.6 Å². The summed E-state index contributed by atoms with van der Waals surface area (Å²) in [4.78, 5) is 2.25. The molecule has 2 aromatic carbocycles. The molecule has 0 fully saturated rings. The minimum Gasteiger partial charge on any atom is -0.497 e. The van der Waals surface area contributed by atoms with Crippen molar-refractivity contribution in [2.75, 3.05) is 20.7 Å². The zero-order chi connectivity index (χ0) is 15.2. The first-order valence-corrected chi connectivity index (χ1v) is 7.59. The summed E-state index contributed by atoms with van der Waals surface area (Å²) in [6, 6.07) is 13.8. The molecule has 0 bridgehead atoms. The summed E-state index contributed by atoms with van der Waals surface area (Å²) < 4.78 is 5.16. The van der Waals surface area contributed by atoms with Crippen molar-refractivity contribution in [2.24, 2.45) is 0 Å². The molecule has 112 valence electrons. The third-order valence-electron chi connectivity index (χ3n) is 3.40. The van der Waals surface area contributed by atoms with E-state index in [4.69, 9.17) is 27.9 Å². The fraction of sp³-hybridized carbons (Fsp3) is 0.294. The molecule has 2 aromatic rings. The molecule has 0 amide bonds. The van der Waals surface area contributed by atoms with Gasteiger partial charge < -0.3 is 9.64 Å². The Hall–Kier alpha value is -1.22. The van der Waals surface area contributed by atoms with Crippen LogP contribution in [0.1, 0.15) is 11.1 Å². The van der Waals surface area contributed by atoms with Crippen molar-refractivity contribution >= 4 is 23.2 Å². The molecule has 0 aromatic heterocycles. The second kappa shape index (κ2) is 7.69. The number of likely N-dealkylation sites (N-methyl/N-ethyl adjacent to an activating group) is 1. The highest BCUT2D eigenvalue weighted by Gasteiger charge is 2.05. The Balaban J connectivity index is 1.87. The van der Waals surface area contributed by atoms with Gasteiger partial charge in [-0.05, 0) is 48.9 Å². The summed E-state index contributed by atoms with van der Waals surface area (Å²) in [6.45, 7) is 1.78. The van der Waals surface area contributed by atoms with E-state index in [1.165, 1.54) is 5.56 Å². The second-order valence-corrected chi connectivity index (χ2v) is 5.92. The van der Waals surface area contributed by atoms with E-state index in [2.05, 4.69) is 24.1 Å². The van der Waals surface area contributed by atoms with Crippen LogP contribution >= 0.6 is 23.2 Å². The van der Waals surface area contributed by atoms with Gasteiger partial charge in [-0.15, -0.1) is 0 Å². The Labute approximate surface area is 136 Å². The quantitative estimate of drug-likeness (QED) is 0.765. The molecular weight excluding hydrogens is 305 g/mol. The molecular formula is C17H19Cl2NO. The van der Waals surface area contributed by atoms with Crippen LogP contribution in [0, 0.1) is 0 Å². The minimum absolute atomic E-state index is 0.671. The molecule has 0 N–H and O–H groups in total. The standard InChI is InChI=1S/C17H19Cl2NO/c1-20(12-14-5-6-15(18)11-17(14)19)10-9-13-3-7-16(21-2)8-4-13/h3-8,11H,9-10,12H2,1-2H3. The molecule has 4 heteroatoms. The lowest BCUT2D eigenvalue weighted by molar-refractivity contribution is 0.331. The van der Waals surface area contributed by atoms with E-state index in [9.17, 15) is 0 Å². The molecule has 0 radical (unpaired) electrons. The number of hydrogen-bond acceptors (Lipinski definition) is 2. The highest BCUT2D eigenvalue weighted by molar-refractivity contribution is 6.35. The first-order valence-electron chi connectivity index (χ1n) is 6.84. The number of nitrogens with zero attached hydrogens (tertiary/aromatic N) is 1. The Morgan fingerprint density at radius 2 is 1.76 bits per heavy atom. The van der Waals surface area contributed by atoms with E-state index in [0.29, 0.717) is 5.02 Å². The molecule has 0 atom stereocenters. The summed E-state index contributed by atoms with van der Waals surface area (Å²) in [5, 5.41) is 1.39. The SMILES string of the molecule is COc1ccc(CCN(C)Cc2ccc(Cl)cc2Cl)cc1. The predicted molar refractivity (Wildman–Crippen MR) is 89.5 cm³/mol. The maximum atomic E-state index is 6.20. The molecule has 21 heavy (non-hydrogen) atoms. The summed E-state index contributed by atoms with van der Waals surface area (Å²) in [5.74, 6) is 0.889. The molecule has 0 aliphatic rings. The van der Waals surface area contributed by atoms with Crippen LogP contribution < -0.4 is 4.74 Å². The smallest absolute Gasteiger partial charge is 0.118 e. The number of benzene rings is 2. The first-order chi connectivity index (χ1) is 10.1. The maximum Gasteiger partial charge on any atom is 0.118 e. The van der Waals surface area contributed by atoms with Crippen LogP contribution in [0.25, 0.3) is 0 Å². The first kappa shape index (κ1) is 16.2. The van der Waals surface area contributed by atoms with Gasteiger partial charge >= 0.3 is 0 Å². The van der Waals surface area contributed by atoms with E-state index in [0.717, 1.165) is 35.8 Å². The number of methoxy groups -OCH3 is 1. The van der Waals surface area contributed by atoms with Gasteiger partial charge in [0.25, 0.3) is 0 Å². The third kappa shape index (κ3) is 4.92. The Bertz CT molecular complexity index is 584. The molecule has 0 aliphatic carbocycles. The summed E-state index contributed by atoms with van der Waals surface area (Å²) >= 11 is 12.1. The molecule has 0 saturated carbocycles. The van der Waals surface area contributed by atoms with E-state index in [-0.39, 0.29) is 0 Å². The summed E-state index contributed by atoms with van der Waals surface area (Å²) in [7, 11) is 3.77. The van der Waals surface area contributed by atoms with Gasteiger partial charge in [-0.1, -0.05) is 41.4 Å². The second-order valence-electron chi connectivity index (χ2n) is 5.07. The highest BCUT2D eigenvalue weighted by atomic mass is 35.5. The largest absolute Gasteiger partial charge is 0.497 e. The molecule has 2 rings (SSSR count). The van der Waals surface area contributed by atoms with Gasteiger partial charge in [-0.3, -0.25) is 0 Å². The summed E-state index contributed by atoms with van der Waals surface area (Å²) in [5.41, 5.74) is 2.39. The third-order valence-corrected chi connectivity index (χ3v) is 3.98. The normalized spacial score (nSPS) is 10.9. The zero-order valence-electron chi connectivity index (χ0n) is 12.3. The Morgan fingerprint density at radius 1 is 1.05 bits per heavy atom. The monoisotopic (exact) mass is 323 g/mol. The molecule has 0 unspecified atom stereocenters. The van der Waals surface area contributed by atoms with Crippen LogP contribution in [-0.2, 0) is 13.0 Å². The molecule has 0 aliphatic heterocycles.